The fraction of sp³-hybridized carbons (Fsp3) is 0.688. The van der Waals surface area contributed by atoms with Crippen molar-refractivity contribution in [2.75, 3.05) is 20.1 Å². The summed E-state index contributed by atoms with van der Waals surface area (Å²) in [6, 6.07) is 4.65. The van der Waals surface area contributed by atoms with E-state index in [-0.39, 0.29) is 6.04 Å². The van der Waals surface area contributed by atoms with Crippen molar-refractivity contribution in [3.05, 3.63) is 22.4 Å². The van der Waals surface area contributed by atoms with Crippen molar-refractivity contribution in [2.45, 2.75) is 51.8 Å². The van der Waals surface area contributed by atoms with Gasteiger partial charge in [0.1, 0.15) is 5.60 Å². The number of thiophene rings is 1. The van der Waals surface area contributed by atoms with E-state index in [0.717, 1.165) is 6.42 Å². The van der Waals surface area contributed by atoms with E-state index in [1.54, 1.807) is 11.3 Å². The lowest BCUT2D eigenvalue weighted by Crippen LogP contribution is -2.50. The number of amides is 1. The van der Waals surface area contributed by atoms with Crippen molar-refractivity contribution in [1.82, 2.24) is 10.2 Å². The minimum absolute atomic E-state index is 0.0856. The number of carbonyl (C=O) groups excluding carboxylic acids is 1. The van der Waals surface area contributed by atoms with Gasteiger partial charge in [-0.3, -0.25) is 4.90 Å². The molecule has 0 aliphatic heterocycles. The molecule has 126 valence electrons. The molecule has 0 saturated carbocycles. The predicted octanol–water partition coefficient (Wildman–Crippen LogP) is 2.46. The third kappa shape index (κ3) is 6.77. The molecule has 22 heavy (non-hydrogen) atoms. The molecule has 2 unspecified atom stereocenters. The highest BCUT2D eigenvalue weighted by atomic mass is 32.1. The van der Waals surface area contributed by atoms with Crippen LogP contribution in [-0.2, 0) is 11.2 Å². The first-order chi connectivity index (χ1) is 10.2. The molecule has 3 N–H and O–H groups in total. The molecule has 2 atom stereocenters. The zero-order valence-corrected chi connectivity index (χ0v) is 15.1. The summed E-state index contributed by atoms with van der Waals surface area (Å²) in [5.41, 5.74) is 5.38. The van der Waals surface area contributed by atoms with Crippen molar-refractivity contribution in [1.29, 1.82) is 0 Å². The number of ether oxygens (including phenoxy) is 1. The topological polar surface area (TPSA) is 67.6 Å². The average molecular weight is 327 g/mol. The molecule has 0 aliphatic carbocycles. The van der Waals surface area contributed by atoms with E-state index in [9.17, 15) is 4.79 Å². The second kappa shape index (κ2) is 8.50. The van der Waals surface area contributed by atoms with E-state index >= 15 is 0 Å². The van der Waals surface area contributed by atoms with E-state index in [2.05, 4.69) is 34.7 Å². The molecule has 1 rings (SSSR count). The van der Waals surface area contributed by atoms with Crippen molar-refractivity contribution >= 4 is 17.4 Å². The van der Waals surface area contributed by atoms with Gasteiger partial charge in [-0.05, 0) is 52.6 Å². The Morgan fingerprint density at radius 2 is 2.18 bits per heavy atom. The molecule has 1 aromatic heterocycles. The van der Waals surface area contributed by atoms with E-state index < -0.39 is 11.7 Å². The molecule has 0 aliphatic rings. The Hall–Kier alpha value is -1.11. The summed E-state index contributed by atoms with van der Waals surface area (Å²) in [5, 5.41) is 4.89. The molecule has 1 aromatic rings. The average Bonchev–Trinajstić information content (AvgIpc) is 2.89. The van der Waals surface area contributed by atoms with E-state index in [1.165, 1.54) is 4.88 Å². The van der Waals surface area contributed by atoms with Crippen LogP contribution in [0.4, 0.5) is 4.79 Å². The molecule has 5 nitrogen and oxygen atoms in total. The lowest BCUT2D eigenvalue weighted by Gasteiger charge is -2.32. The van der Waals surface area contributed by atoms with Crippen LogP contribution in [-0.4, -0.2) is 48.8 Å². The molecule has 0 bridgehead atoms. The van der Waals surface area contributed by atoms with Gasteiger partial charge in [0.15, 0.2) is 0 Å². The second-order valence-corrected chi connectivity index (χ2v) is 7.60. The van der Waals surface area contributed by atoms with Crippen LogP contribution >= 0.6 is 11.3 Å². The number of nitrogens with one attached hydrogen (secondary N) is 1. The monoisotopic (exact) mass is 327 g/mol. The van der Waals surface area contributed by atoms with E-state index in [0.29, 0.717) is 19.1 Å². The molecule has 1 heterocycles. The van der Waals surface area contributed by atoms with Gasteiger partial charge in [-0.1, -0.05) is 6.07 Å². The highest BCUT2D eigenvalue weighted by Gasteiger charge is 2.21. The van der Waals surface area contributed by atoms with Crippen LogP contribution in [0.3, 0.4) is 0 Å². The summed E-state index contributed by atoms with van der Waals surface area (Å²) in [5.74, 6) is 0. The molecule has 6 heteroatoms. The molecule has 0 saturated heterocycles. The third-order valence-corrected chi connectivity index (χ3v) is 4.40. The first-order valence-corrected chi connectivity index (χ1v) is 8.52. The maximum Gasteiger partial charge on any atom is 0.407 e. The maximum atomic E-state index is 11.7. The second-order valence-electron chi connectivity index (χ2n) is 6.57. The number of hydrogen-bond acceptors (Lipinski definition) is 5. The van der Waals surface area contributed by atoms with Crippen molar-refractivity contribution < 1.29 is 9.53 Å². The lowest BCUT2D eigenvalue weighted by atomic mass is 10.1. The number of carbonyl (C=O) groups is 1. The third-order valence-electron chi connectivity index (χ3n) is 3.50. The number of hydrogen-bond donors (Lipinski definition) is 2. The summed E-state index contributed by atoms with van der Waals surface area (Å²) in [4.78, 5) is 15.3. The van der Waals surface area contributed by atoms with Crippen LogP contribution in [0, 0.1) is 0 Å². The molecule has 0 spiro atoms. The number of rotatable bonds is 7. The number of likely N-dealkylation sites (N-methyl/N-ethyl adjacent to an activating group) is 1. The van der Waals surface area contributed by atoms with Gasteiger partial charge in [0.2, 0.25) is 0 Å². The maximum absolute atomic E-state index is 11.7. The summed E-state index contributed by atoms with van der Waals surface area (Å²) in [6.45, 7) is 8.69. The Balaban J connectivity index is 2.46. The molecular formula is C16H29N3O2S. The summed E-state index contributed by atoms with van der Waals surface area (Å²) >= 11 is 1.76. The van der Waals surface area contributed by atoms with Crippen LogP contribution < -0.4 is 11.1 Å². The van der Waals surface area contributed by atoms with E-state index in [1.807, 2.05) is 27.8 Å². The fourth-order valence-electron chi connectivity index (χ4n) is 2.13. The number of nitrogens with zero attached hydrogens (tertiary/aromatic N) is 1. The Morgan fingerprint density at radius 3 is 2.68 bits per heavy atom. The van der Waals surface area contributed by atoms with E-state index in [4.69, 9.17) is 10.5 Å². The zero-order valence-electron chi connectivity index (χ0n) is 14.3. The molecule has 0 radical (unpaired) electrons. The molecule has 0 aromatic carbocycles. The number of alkyl carbamates (subject to hydrolysis) is 1. The fourth-order valence-corrected chi connectivity index (χ4v) is 2.96. The van der Waals surface area contributed by atoms with Crippen LogP contribution in [0.25, 0.3) is 0 Å². The Labute approximate surface area is 137 Å². The van der Waals surface area contributed by atoms with Gasteiger partial charge < -0.3 is 15.8 Å². The van der Waals surface area contributed by atoms with Crippen LogP contribution in [0.2, 0.25) is 0 Å². The Morgan fingerprint density at radius 1 is 1.50 bits per heavy atom. The van der Waals surface area contributed by atoms with Crippen molar-refractivity contribution in [2.24, 2.45) is 5.73 Å². The summed E-state index contributed by atoms with van der Waals surface area (Å²) < 4.78 is 5.25. The Bertz CT molecular complexity index is 443. The van der Waals surface area contributed by atoms with Gasteiger partial charge >= 0.3 is 6.09 Å². The lowest BCUT2D eigenvalue weighted by molar-refractivity contribution is 0.0506. The standard InChI is InChI=1S/C16H29N3O2S/c1-12(9-14-7-6-8-22-14)19(5)13(10-17)11-18-15(20)21-16(2,3)4/h6-8,12-13H,9-11,17H2,1-5H3,(H,18,20). The predicted molar refractivity (Wildman–Crippen MR) is 92.3 cm³/mol. The smallest absolute Gasteiger partial charge is 0.407 e. The summed E-state index contributed by atoms with van der Waals surface area (Å²) in [7, 11) is 2.05. The van der Waals surface area contributed by atoms with Gasteiger partial charge in [0.05, 0.1) is 0 Å². The largest absolute Gasteiger partial charge is 0.444 e. The van der Waals surface area contributed by atoms with Crippen molar-refractivity contribution in [3.8, 4) is 0 Å². The van der Waals surface area contributed by atoms with Crippen molar-refractivity contribution in [3.63, 3.8) is 0 Å². The minimum Gasteiger partial charge on any atom is -0.444 e. The summed E-state index contributed by atoms with van der Waals surface area (Å²) in [6.07, 6.45) is 0.585. The first kappa shape index (κ1) is 18.9. The SMILES string of the molecule is CC(Cc1cccs1)N(C)C(CN)CNC(=O)OC(C)(C)C. The van der Waals surface area contributed by atoms with Gasteiger partial charge in [-0.25, -0.2) is 4.79 Å². The normalized spacial score (nSPS) is 14.7. The quantitative estimate of drug-likeness (QED) is 0.807. The molecule has 0 fully saturated rings. The van der Waals surface area contributed by atoms with Crippen LogP contribution in [0.1, 0.15) is 32.6 Å². The Kier molecular flexibility index (Phi) is 7.32. The highest BCUT2D eigenvalue weighted by molar-refractivity contribution is 7.09. The molecular weight excluding hydrogens is 298 g/mol. The first-order valence-electron chi connectivity index (χ1n) is 7.64. The van der Waals surface area contributed by atoms with Crippen LogP contribution in [0.5, 0.6) is 0 Å². The van der Waals surface area contributed by atoms with Crippen LogP contribution in [0.15, 0.2) is 17.5 Å². The number of nitrogens with two attached hydrogens (primary N) is 1. The van der Waals surface area contributed by atoms with Gasteiger partial charge in [0, 0.05) is 30.1 Å². The van der Waals surface area contributed by atoms with Gasteiger partial charge in [-0.15, -0.1) is 11.3 Å². The van der Waals surface area contributed by atoms with Gasteiger partial charge in [-0.2, -0.15) is 0 Å². The minimum atomic E-state index is -0.485. The van der Waals surface area contributed by atoms with Gasteiger partial charge in [0.25, 0.3) is 0 Å². The highest BCUT2D eigenvalue weighted by Crippen LogP contribution is 2.14. The zero-order chi connectivity index (χ0) is 16.8. The molecule has 1 amide bonds.